The molecule has 1 saturated carbocycles. The molecule has 0 unspecified atom stereocenters. The topological polar surface area (TPSA) is 81.2 Å². The zero-order valence-corrected chi connectivity index (χ0v) is 17.3. The second-order valence-electron chi connectivity index (χ2n) is 7.39. The molecule has 1 fully saturated rings. The van der Waals surface area contributed by atoms with E-state index in [0.717, 1.165) is 47.2 Å². The molecule has 3 aromatic rings. The maximum absolute atomic E-state index is 12.8. The van der Waals surface area contributed by atoms with Crippen molar-refractivity contribution in [1.29, 1.82) is 0 Å². The fraction of sp³-hybridized carbons (Fsp3) is 0.364. The van der Waals surface area contributed by atoms with Crippen molar-refractivity contribution >= 4 is 44.8 Å². The highest BCUT2D eigenvalue weighted by atomic mass is 32.1. The molecular weight excluding hydrogens is 386 g/mol. The highest BCUT2D eigenvalue weighted by Gasteiger charge is 2.24. The molecule has 0 spiro atoms. The first-order valence-corrected chi connectivity index (χ1v) is 10.7. The smallest absolute Gasteiger partial charge is 0.348 e. The first-order valence-electron chi connectivity index (χ1n) is 9.86. The lowest BCUT2D eigenvalue weighted by atomic mass is 9.98. The van der Waals surface area contributed by atoms with Gasteiger partial charge in [-0.3, -0.25) is 4.79 Å². The largest absolute Gasteiger partial charge is 0.458 e. The van der Waals surface area contributed by atoms with Crippen molar-refractivity contribution in [3.63, 3.8) is 0 Å². The number of Topliss-reactive ketones (excluding diaryl/α,β-unsaturated/α-hetero) is 1. The number of anilines is 2. The molecule has 2 aromatic heterocycles. The summed E-state index contributed by atoms with van der Waals surface area (Å²) in [5.41, 5.74) is 2.20. The van der Waals surface area contributed by atoms with E-state index < -0.39 is 0 Å². The van der Waals surface area contributed by atoms with E-state index in [1.54, 1.807) is 12.1 Å². The van der Waals surface area contributed by atoms with E-state index in [9.17, 15) is 9.59 Å². The number of fused-ring (bicyclic) bond motifs is 1. The van der Waals surface area contributed by atoms with E-state index in [1.807, 2.05) is 19.1 Å². The molecule has 6 nitrogen and oxygen atoms in total. The van der Waals surface area contributed by atoms with Gasteiger partial charge in [-0.05, 0) is 57.2 Å². The van der Waals surface area contributed by atoms with Gasteiger partial charge < -0.3 is 10.1 Å². The van der Waals surface area contributed by atoms with Crippen molar-refractivity contribution in [2.24, 2.45) is 0 Å². The minimum Gasteiger partial charge on any atom is -0.458 e. The monoisotopic (exact) mass is 409 g/mol. The molecule has 1 aromatic carbocycles. The van der Waals surface area contributed by atoms with E-state index in [4.69, 9.17) is 4.74 Å². The number of nitrogens with one attached hydrogen (secondary N) is 1. The molecule has 0 radical (unpaired) electrons. The number of hydrogen-bond donors (Lipinski definition) is 1. The number of carbonyl (C=O) groups is 2. The lowest BCUT2D eigenvalue weighted by Gasteiger charge is -2.21. The Morgan fingerprint density at radius 3 is 2.72 bits per heavy atom. The molecule has 0 saturated heterocycles. The average molecular weight is 410 g/mol. The number of ether oxygens (including phenoxy) is 1. The summed E-state index contributed by atoms with van der Waals surface area (Å²) in [6.45, 7) is 3.44. The zero-order valence-electron chi connectivity index (χ0n) is 16.5. The molecule has 7 heteroatoms. The van der Waals surface area contributed by atoms with Crippen molar-refractivity contribution in [1.82, 2.24) is 9.97 Å². The van der Waals surface area contributed by atoms with Crippen LogP contribution in [-0.2, 0) is 4.74 Å². The standard InChI is InChI=1S/C22H23N3O3S/c1-13-18-20(25-16-8-6-7-15(11-16)14(2)26)23-12-24-21(18)29-19(13)22(27)28-17-9-4-3-5-10-17/h6-8,11-12,17H,3-5,9-10H2,1-2H3,(H,23,24,25). The number of esters is 1. The van der Waals surface area contributed by atoms with E-state index in [1.165, 1.54) is 31.0 Å². The number of rotatable bonds is 5. The third-order valence-electron chi connectivity index (χ3n) is 5.27. The summed E-state index contributed by atoms with van der Waals surface area (Å²) >= 11 is 1.33. The lowest BCUT2D eigenvalue weighted by molar-refractivity contribution is 0.0216. The number of carbonyl (C=O) groups excluding carboxylic acids is 2. The minimum absolute atomic E-state index is 0.000873. The highest BCUT2D eigenvalue weighted by molar-refractivity contribution is 7.20. The fourth-order valence-corrected chi connectivity index (χ4v) is 4.73. The van der Waals surface area contributed by atoms with Crippen molar-refractivity contribution < 1.29 is 14.3 Å². The lowest BCUT2D eigenvalue weighted by Crippen LogP contribution is -2.20. The highest BCUT2D eigenvalue weighted by Crippen LogP contribution is 2.35. The summed E-state index contributed by atoms with van der Waals surface area (Å²) in [6, 6.07) is 7.26. The van der Waals surface area contributed by atoms with Gasteiger partial charge in [0.05, 0.1) is 5.39 Å². The summed E-state index contributed by atoms with van der Waals surface area (Å²) < 4.78 is 5.75. The molecule has 0 aliphatic heterocycles. The van der Waals surface area contributed by atoms with Gasteiger partial charge in [-0.25, -0.2) is 14.8 Å². The van der Waals surface area contributed by atoms with Gasteiger partial charge in [0.15, 0.2) is 5.78 Å². The number of nitrogens with zero attached hydrogens (tertiary/aromatic N) is 2. The van der Waals surface area contributed by atoms with Crippen LogP contribution in [-0.4, -0.2) is 27.8 Å². The zero-order chi connectivity index (χ0) is 20.4. The van der Waals surface area contributed by atoms with Gasteiger partial charge in [0, 0.05) is 11.3 Å². The molecule has 4 rings (SSSR count). The van der Waals surface area contributed by atoms with Crippen LogP contribution in [0.2, 0.25) is 0 Å². The molecule has 1 aliphatic carbocycles. The van der Waals surface area contributed by atoms with Gasteiger partial charge >= 0.3 is 5.97 Å². The summed E-state index contributed by atoms with van der Waals surface area (Å²) in [5, 5.41) is 4.07. The van der Waals surface area contributed by atoms with Crippen molar-refractivity contribution in [3.05, 3.63) is 46.6 Å². The van der Waals surface area contributed by atoms with Crippen LogP contribution >= 0.6 is 11.3 Å². The summed E-state index contributed by atoms with van der Waals surface area (Å²) in [5.74, 6) is 0.337. The van der Waals surface area contributed by atoms with Gasteiger partial charge in [-0.1, -0.05) is 18.6 Å². The Bertz CT molecular complexity index is 1070. The molecule has 0 bridgehead atoms. The second kappa shape index (κ2) is 8.29. The Kier molecular flexibility index (Phi) is 5.58. The maximum Gasteiger partial charge on any atom is 0.348 e. The number of thiophene rings is 1. The molecule has 2 heterocycles. The van der Waals surface area contributed by atoms with Crippen LogP contribution < -0.4 is 5.32 Å². The third-order valence-corrected chi connectivity index (χ3v) is 6.45. The Labute approximate surface area is 173 Å². The maximum atomic E-state index is 12.8. The summed E-state index contributed by atoms with van der Waals surface area (Å²) in [4.78, 5) is 34.5. The Balaban J connectivity index is 1.63. The first kappa shape index (κ1) is 19.5. The van der Waals surface area contributed by atoms with Crippen molar-refractivity contribution in [2.75, 3.05) is 5.32 Å². The van der Waals surface area contributed by atoms with E-state index in [-0.39, 0.29) is 17.9 Å². The van der Waals surface area contributed by atoms with Crippen molar-refractivity contribution in [2.45, 2.75) is 52.1 Å². The third kappa shape index (κ3) is 4.15. The van der Waals surface area contributed by atoms with Gasteiger partial charge in [0.1, 0.15) is 28.0 Å². The normalized spacial score (nSPS) is 14.7. The van der Waals surface area contributed by atoms with Crippen LogP contribution in [0.4, 0.5) is 11.5 Å². The molecule has 150 valence electrons. The van der Waals surface area contributed by atoms with Crippen LogP contribution in [0.15, 0.2) is 30.6 Å². The molecule has 1 aliphatic rings. The fourth-order valence-electron chi connectivity index (χ4n) is 3.70. The molecule has 0 amide bonds. The summed E-state index contributed by atoms with van der Waals surface area (Å²) in [7, 11) is 0. The Hall–Kier alpha value is -2.80. The minimum atomic E-state index is -0.276. The predicted molar refractivity (Wildman–Crippen MR) is 114 cm³/mol. The van der Waals surface area contributed by atoms with Gasteiger partial charge in [-0.2, -0.15) is 0 Å². The SMILES string of the molecule is CC(=O)c1cccc(Nc2ncnc3sc(C(=O)OC4CCCCC4)c(C)c23)c1. The average Bonchev–Trinajstić information content (AvgIpc) is 3.07. The number of hydrogen-bond acceptors (Lipinski definition) is 7. The molecule has 29 heavy (non-hydrogen) atoms. The van der Waals surface area contributed by atoms with E-state index >= 15 is 0 Å². The van der Waals surface area contributed by atoms with E-state index in [0.29, 0.717) is 16.3 Å². The molecule has 0 atom stereocenters. The number of ketones is 1. The molecular formula is C22H23N3O3S. The first-order chi connectivity index (χ1) is 14.0. The Morgan fingerprint density at radius 1 is 1.17 bits per heavy atom. The van der Waals surface area contributed by atoms with Crippen LogP contribution in [0.1, 0.15) is 64.6 Å². The number of aryl methyl sites for hydroxylation is 1. The van der Waals surface area contributed by atoms with Gasteiger partial charge in [0.2, 0.25) is 0 Å². The van der Waals surface area contributed by atoms with Gasteiger partial charge in [-0.15, -0.1) is 11.3 Å². The van der Waals surface area contributed by atoms with Crippen LogP contribution in [0, 0.1) is 6.92 Å². The second-order valence-corrected chi connectivity index (χ2v) is 8.39. The number of benzene rings is 1. The molecule has 1 N–H and O–H groups in total. The Morgan fingerprint density at radius 2 is 1.97 bits per heavy atom. The van der Waals surface area contributed by atoms with Gasteiger partial charge in [0.25, 0.3) is 0 Å². The number of aromatic nitrogens is 2. The van der Waals surface area contributed by atoms with E-state index in [2.05, 4.69) is 15.3 Å². The van der Waals surface area contributed by atoms with Crippen LogP contribution in [0.3, 0.4) is 0 Å². The quantitative estimate of drug-likeness (QED) is 0.447. The summed E-state index contributed by atoms with van der Waals surface area (Å²) in [6.07, 6.45) is 6.81. The van der Waals surface area contributed by atoms with Crippen LogP contribution in [0.25, 0.3) is 10.2 Å². The predicted octanol–water partition coefficient (Wildman–Crippen LogP) is 5.44. The van der Waals surface area contributed by atoms with Crippen LogP contribution in [0.5, 0.6) is 0 Å². The van der Waals surface area contributed by atoms with Crippen molar-refractivity contribution in [3.8, 4) is 0 Å².